The van der Waals surface area contributed by atoms with Gasteiger partial charge >= 0.3 is 0 Å². The van der Waals surface area contributed by atoms with Crippen LogP contribution < -0.4 is 5.32 Å². The van der Waals surface area contributed by atoms with Crippen LogP contribution >= 0.6 is 11.3 Å². The molecule has 3 heterocycles. The fraction of sp³-hybridized carbons (Fsp3) is 0.353. The molecule has 2 aromatic rings. The molecule has 3 rings (SSSR count). The highest BCUT2D eigenvalue weighted by atomic mass is 32.2. The largest absolute Gasteiger partial charge is 0.465 e. The summed E-state index contributed by atoms with van der Waals surface area (Å²) in [5, 5.41) is 2.74. The number of amides is 1. The van der Waals surface area contributed by atoms with Crippen LogP contribution in [0.4, 0.5) is 0 Å². The number of carbonyl (C=O) groups is 1. The zero-order valence-corrected chi connectivity index (χ0v) is 15.3. The fourth-order valence-electron chi connectivity index (χ4n) is 2.60. The number of furan rings is 1. The van der Waals surface area contributed by atoms with Crippen LogP contribution in [0.25, 0.3) is 6.08 Å². The first-order chi connectivity index (χ1) is 12.1. The molecule has 1 amide bonds. The van der Waals surface area contributed by atoms with Gasteiger partial charge in [0, 0.05) is 24.0 Å². The minimum atomic E-state index is -3.41. The fourth-order valence-corrected chi connectivity index (χ4v) is 5.57. The van der Waals surface area contributed by atoms with Crippen LogP contribution in [-0.4, -0.2) is 31.7 Å². The van der Waals surface area contributed by atoms with Crippen molar-refractivity contribution in [2.75, 3.05) is 13.1 Å². The molecule has 8 heteroatoms. The quantitative estimate of drug-likeness (QED) is 0.782. The van der Waals surface area contributed by atoms with E-state index >= 15 is 0 Å². The first kappa shape index (κ1) is 17.9. The van der Waals surface area contributed by atoms with Gasteiger partial charge in [-0.05, 0) is 43.2 Å². The maximum atomic E-state index is 12.6. The number of hydrogen-bond donors (Lipinski definition) is 1. The Morgan fingerprint density at radius 1 is 1.24 bits per heavy atom. The Kier molecular flexibility index (Phi) is 5.72. The maximum absolute atomic E-state index is 12.6. The molecule has 0 aliphatic carbocycles. The van der Waals surface area contributed by atoms with Crippen molar-refractivity contribution < 1.29 is 17.6 Å². The summed E-state index contributed by atoms with van der Waals surface area (Å²) in [6.45, 7) is 1.47. The molecule has 1 aliphatic heterocycles. The summed E-state index contributed by atoms with van der Waals surface area (Å²) >= 11 is 1.20. The Morgan fingerprint density at radius 3 is 2.76 bits per heavy atom. The van der Waals surface area contributed by atoms with Crippen LogP contribution in [0.3, 0.4) is 0 Å². The van der Waals surface area contributed by atoms with Crippen molar-refractivity contribution >= 4 is 33.3 Å². The SMILES string of the molecule is O=C(/C=C/c1ccco1)NCc1ccc(S(=O)(=O)N2CCCCC2)s1. The van der Waals surface area contributed by atoms with Gasteiger partial charge in [0.2, 0.25) is 5.91 Å². The Morgan fingerprint density at radius 2 is 2.04 bits per heavy atom. The molecular weight excluding hydrogens is 360 g/mol. The lowest BCUT2D eigenvalue weighted by Crippen LogP contribution is -2.35. The third kappa shape index (κ3) is 4.59. The van der Waals surface area contributed by atoms with E-state index in [0.717, 1.165) is 24.1 Å². The average Bonchev–Trinajstić information content (AvgIpc) is 3.31. The summed E-state index contributed by atoms with van der Waals surface area (Å²) in [6.07, 6.45) is 7.41. The van der Waals surface area contributed by atoms with Gasteiger partial charge in [0.1, 0.15) is 9.97 Å². The molecule has 0 unspecified atom stereocenters. The van der Waals surface area contributed by atoms with E-state index < -0.39 is 10.0 Å². The minimum Gasteiger partial charge on any atom is -0.465 e. The average molecular weight is 380 g/mol. The molecule has 0 atom stereocenters. The molecule has 1 fully saturated rings. The van der Waals surface area contributed by atoms with Gasteiger partial charge in [-0.15, -0.1) is 11.3 Å². The number of nitrogens with zero attached hydrogens (tertiary/aromatic N) is 1. The first-order valence-corrected chi connectivity index (χ1v) is 10.4. The second kappa shape index (κ2) is 7.99. The first-order valence-electron chi connectivity index (χ1n) is 8.14. The van der Waals surface area contributed by atoms with Gasteiger partial charge < -0.3 is 9.73 Å². The Bertz CT molecular complexity index is 832. The van der Waals surface area contributed by atoms with Gasteiger partial charge in [-0.1, -0.05) is 6.42 Å². The summed E-state index contributed by atoms with van der Waals surface area (Å²) in [4.78, 5) is 12.6. The molecule has 1 aliphatic rings. The van der Waals surface area contributed by atoms with Crippen LogP contribution in [0.2, 0.25) is 0 Å². The number of piperidine rings is 1. The van der Waals surface area contributed by atoms with E-state index in [4.69, 9.17) is 4.42 Å². The van der Waals surface area contributed by atoms with Gasteiger partial charge in [-0.3, -0.25) is 4.79 Å². The standard InChI is InChI=1S/C17H20N2O4S2/c20-16(8-6-14-5-4-12-23-14)18-13-15-7-9-17(24-15)25(21,22)19-10-2-1-3-11-19/h4-9,12H,1-3,10-11,13H2,(H,18,20)/b8-6+. The third-order valence-corrected chi connectivity index (χ3v) is 7.38. The van der Waals surface area contributed by atoms with E-state index in [1.165, 1.54) is 23.7 Å². The van der Waals surface area contributed by atoms with Crippen molar-refractivity contribution in [2.45, 2.75) is 30.0 Å². The number of hydrogen-bond acceptors (Lipinski definition) is 5. The zero-order chi connectivity index (χ0) is 17.7. The molecule has 2 aromatic heterocycles. The highest BCUT2D eigenvalue weighted by molar-refractivity contribution is 7.91. The van der Waals surface area contributed by atoms with Crippen LogP contribution in [0.1, 0.15) is 29.9 Å². The summed E-state index contributed by atoms with van der Waals surface area (Å²) in [6, 6.07) is 6.86. The molecule has 1 N–H and O–H groups in total. The van der Waals surface area contributed by atoms with Crippen molar-refractivity contribution in [3.63, 3.8) is 0 Å². The van der Waals surface area contributed by atoms with Crippen molar-refractivity contribution in [2.24, 2.45) is 0 Å². The van der Waals surface area contributed by atoms with E-state index in [2.05, 4.69) is 5.32 Å². The molecule has 25 heavy (non-hydrogen) atoms. The van der Waals surface area contributed by atoms with Crippen LogP contribution in [-0.2, 0) is 21.4 Å². The second-order valence-corrected chi connectivity index (χ2v) is 9.09. The third-order valence-electron chi connectivity index (χ3n) is 3.93. The molecule has 0 radical (unpaired) electrons. The lowest BCUT2D eigenvalue weighted by molar-refractivity contribution is -0.116. The highest BCUT2D eigenvalue weighted by Crippen LogP contribution is 2.27. The zero-order valence-electron chi connectivity index (χ0n) is 13.7. The van der Waals surface area contributed by atoms with E-state index in [9.17, 15) is 13.2 Å². The van der Waals surface area contributed by atoms with Gasteiger partial charge in [0.15, 0.2) is 0 Å². The molecule has 1 saturated heterocycles. The number of rotatable bonds is 6. The lowest BCUT2D eigenvalue weighted by Gasteiger charge is -2.25. The topological polar surface area (TPSA) is 79.6 Å². The Balaban J connectivity index is 1.57. The van der Waals surface area contributed by atoms with Gasteiger partial charge in [0.25, 0.3) is 10.0 Å². The number of nitrogens with one attached hydrogen (secondary N) is 1. The Hall–Kier alpha value is -1.90. The molecule has 6 nitrogen and oxygen atoms in total. The number of carbonyl (C=O) groups excluding carboxylic acids is 1. The van der Waals surface area contributed by atoms with Crippen molar-refractivity contribution in [1.29, 1.82) is 0 Å². The number of thiophene rings is 1. The Labute approximate surface area is 151 Å². The van der Waals surface area contributed by atoms with Gasteiger partial charge in [-0.25, -0.2) is 8.42 Å². The molecule has 0 saturated carbocycles. The molecule has 0 bridgehead atoms. The van der Waals surface area contributed by atoms with Crippen molar-refractivity contribution in [3.05, 3.63) is 47.2 Å². The molecule has 0 spiro atoms. The van der Waals surface area contributed by atoms with Gasteiger partial charge in [0.05, 0.1) is 12.8 Å². The van der Waals surface area contributed by atoms with Crippen molar-refractivity contribution in [1.82, 2.24) is 9.62 Å². The summed E-state index contributed by atoms with van der Waals surface area (Å²) in [5.74, 6) is 0.339. The summed E-state index contributed by atoms with van der Waals surface area (Å²) in [5.41, 5.74) is 0. The highest BCUT2D eigenvalue weighted by Gasteiger charge is 2.27. The lowest BCUT2D eigenvalue weighted by atomic mass is 10.2. The van der Waals surface area contributed by atoms with E-state index in [-0.39, 0.29) is 5.91 Å². The molecule has 0 aromatic carbocycles. The van der Waals surface area contributed by atoms with Crippen LogP contribution in [0.5, 0.6) is 0 Å². The molecular formula is C17H20N2O4S2. The molecule has 134 valence electrons. The predicted octanol–water partition coefficient (Wildman–Crippen LogP) is 2.85. The number of sulfonamides is 1. The van der Waals surface area contributed by atoms with Crippen molar-refractivity contribution in [3.8, 4) is 0 Å². The van der Waals surface area contributed by atoms with E-state index in [1.54, 1.807) is 34.6 Å². The smallest absolute Gasteiger partial charge is 0.252 e. The van der Waals surface area contributed by atoms with Gasteiger partial charge in [-0.2, -0.15) is 4.31 Å². The van der Waals surface area contributed by atoms with Crippen LogP contribution in [0.15, 0.2) is 45.2 Å². The second-order valence-electron chi connectivity index (χ2n) is 5.75. The normalized spacial score (nSPS) is 16.3. The summed E-state index contributed by atoms with van der Waals surface area (Å²) in [7, 11) is -3.41. The summed E-state index contributed by atoms with van der Waals surface area (Å²) < 4.78 is 32.2. The monoisotopic (exact) mass is 380 g/mol. The minimum absolute atomic E-state index is 0.259. The maximum Gasteiger partial charge on any atom is 0.252 e. The van der Waals surface area contributed by atoms with E-state index in [0.29, 0.717) is 29.6 Å². The van der Waals surface area contributed by atoms with E-state index in [1.807, 2.05) is 0 Å². The predicted molar refractivity (Wildman–Crippen MR) is 96.5 cm³/mol. The van der Waals surface area contributed by atoms with Crippen LogP contribution in [0, 0.1) is 0 Å².